The minimum Gasteiger partial charge on any atom is -0.451 e. The largest absolute Gasteiger partial charge is 0.451 e. The predicted molar refractivity (Wildman–Crippen MR) is 91.1 cm³/mol. The summed E-state index contributed by atoms with van der Waals surface area (Å²) in [6.07, 6.45) is 8.57. The van der Waals surface area contributed by atoms with Crippen molar-refractivity contribution in [3.63, 3.8) is 0 Å². The zero-order chi connectivity index (χ0) is 15.7. The second-order valence-electron chi connectivity index (χ2n) is 6.48. The molecular formula is C21H20O2. The Balaban J connectivity index is 1.66. The molecule has 2 heteroatoms. The molecule has 1 fully saturated rings. The van der Waals surface area contributed by atoms with Crippen LogP contribution in [0, 0.1) is 5.92 Å². The number of benzene rings is 2. The number of hydrogen-bond acceptors (Lipinski definition) is 2. The number of rotatable bonds is 3. The number of hydrogen-bond donors (Lipinski definition) is 0. The van der Waals surface area contributed by atoms with Gasteiger partial charge in [0, 0.05) is 5.92 Å². The minimum absolute atomic E-state index is 0.206. The fourth-order valence-corrected chi connectivity index (χ4v) is 3.97. The molecule has 2 aliphatic carbocycles. The molecule has 0 aromatic heterocycles. The van der Waals surface area contributed by atoms with Crippen LogP contribution < -0.4 is 0 Å². The van der Waals surface area contributed by atoms with Crippen molar-refractivity contribution in [2.45, 2.75) is 31.3 Å². The molecule has 2 aromatic carbocycles. The Hall–Kier alpha value is -2.35. The van der Waals surface area contributed by atoms with Crippen molar-refractivity contribution >= 4 is 5.97 Å². The normalized spacial score (nSPS) is 25.3. The van der Waals surface area contributed by atoms with E-state index in [-0.39, 0.29) is 11.6 Å². The van der Waals surface area contributed by atoms with Crippen LogP contribution in [0.15, 0.2) is 66.7 Å². The highest BCUT2D eigenvalue weighted by Crippen LogP contribution is 2.46. The van der Waals surface area contributed by atoms with E-state index in [9.17, 15) is 4.79 Å². The summed E-state index contributed by atoms with van der Waals surface area (Å²) in [5.74, 6) is 0.262. The van der Waals surface area contributed by atoms with Gasteiger partial charge in [0.15, 0.2) is 0 Å². The molecule has 0 spiro atoms. The number of ether oxygens (including phenoxy) is 1. The summed E-state index contributed by atoms with van der Waals surface area (Å²) in [6.45, 7) is 0. The van der Waals surface area contributed by atoms with Crippen LogP contribution in [0.25, 0.3) is 11.1 Å². The summed E-state index contributed by atoms with van der Waals surface area (Å²) in [5, 5.41) is 0. The summed E-state index contributed by atoms with van der Waals surface area (Å²) < 4.78 is 6.05. The summed E-state index contributed by atoms with van der Waals surface area (Å²) in [5.41, 5.74) is 2.27. The maximum atomic E-state index is 12.9. The van der Waals surface area contributed by atoms with E-state index in [0.717, 1.165) is 36.8 Å². The average molecular weight is 304 g/mol. The summed E-state index contributed by atoms with van der Waals surface area (Å²) >= 11 is 0. The second-order valence-corrected chi connectivity index (χ2v) is 6.48. The van der Waals surface area contributed by atoms with Gasteiger partial charge in [-0.3, -0.25) is 0 Å². The predicted octanol–water partition coefficient (Wildman–Crippen LogP) is 5.01. The first-order chi connectivity index (χ1) is 11.3. The lowest BCUT2D eigenvalue weighted by atomic mass is 9.94. The molecule has 23 heavy (non-hydrogen) atoms. The van der Waals surface area contributed by atoms with Gasteiger partial charge in [0.25, 0.3) is 0 Å². The number of carbonyl (C=O) groups is 1. The molecule has 0 aliphatic heterocycles. The minimum atomic E-state index is -0.360. The maximum absolute atomic E-state index is 12.9. The van der Waals surface area contributed by atoms with Crippen molar-refractivity contribution in [2.24, 2.45) is 5.92 Å². The molecule has 2 aliphatic rings. The highest BCUT2D eigenvalue weighted by Gasteiger charge is 2.46. The van der Waals surface area contributed by atoms with Crippen LogP contribution in [0.1, 0.15) is 36.0 Å². The zero-order valence-electron chi connectivity index (χ0n) is 13.1. The molecule has 0 N–H and O–H groups in total. The molecule has 116 valence electrons. The van der Waals surface area contributed by atoms with Crippen LogP contribution in [-0.4, -0.2) is 11.6 Å². The third-order valence-corrected chi connectivity index (χ3v) is 5.15. The first-order valence-corrected chi connectivity index (χ1v) is 8.34. The molecule has 0 amide bonds. The summed E-state index contributed by atoms with van der Waals surface area (Å²) in [7, 11) is 0. The van der Waals surface area contributed by atoms with E-state index in [1.165, 1.54) is 0 Å². The number of fused-ring (bicyclic) bond motifs is 1. The summed E-state index contributed by atoms with van der Waals surface area (Å²) in [4.78, 5) is 12.9. The molecule has 0 saturated heterocycles. The highest BCUT2D eigenvalue weighted by molar-refractivity contribution is 5.97. The molecule has 2 unspecified atom stereocenters. The molecule has 0 radical (unpaired) electrons. The van der Waals surface area contributed by atoms with Crippen LogP contribution in [0.5, 0.6) is 0 Å². The molecular weight excluding hydrogens is 284 g/mol. The van der Waals surface area contributed by atoms with Crippen LogP contribution in [0.2, 0.25) is 0 Å². The van der Waals surface area contributed by atoms with Gasteiger partial charge in [0.2, 0.25) is 0 Å². The van der Waals surface area contributed by atoms with Gasteiger partial charge in [0.1, 0.15) is 5.60 Å². The van der Waals surface area contributed by atoms with E-state index >= 15 is 0 Å². The van der Waals surface area contributed by atoms with Gasteiger partial charge in [-0.15, -0.1) is 0 Å². The SMILES string of the molecule is O=C(OC12C=CCC1CCC2)c1ccccc1-c1ccccc1. The quantitative estimate of drug-likeness (QED) is 0.588. The van der Waals surface area contributed by atoms with Crippen LogP contribution >= 0.6 is 0 Å². The van der Waals surface area contributed by atoms with Gasteiger partial charge in [0.05, 0.1) is 5.56 Å². The molecule has 0 bridgehead atoms. The van der Waals surface area contributed by atoms with Crippen molar-refractivity contribution < 1.29 is 9.53 Å². The lowest BCUT2D eigenvalue weighted by molar-refractivity contribution is -0.00743. The first-order valence-electron chi connectivity index (χ1n) is 8.34. The molecule has 2 atom stereocenters. The van der Waals surface area contributed by atoms with Gasteiger partial charge in [-0.1, -0.05) is 54.6 Å². The van der Waals surface area contributed by atoms with Crippen molar-refractivity contribution in [3.8, 4) is 11.1 Å². The monoisotopic (exact) mass is 304 g/mol. The Morgan fingerprint density at radius 3 is 2.70 bits per heavy atom. The van der Waals surface area contributed by atoms with Crippen LogP contribution in [-0.2, 0) is 4.74 Å². The maximum Gasteiger partial charge on any atom is 0.339 e. The molecule has 1 saturated carbocycles. The number of allylic oxidation sites excluding steroid dienone is 1. The Labute approximate surface area is 136 Å². The van der Waals surface area contributed by atoms with E-state index < -0.39 is 0 Å². The number of esters is 1. The van der Waals surface area contributed by atoms with Gasteiger partial charge in [-0.05, 0) is 49.0 Å². The molecule has 4 rings (SSSR count). The van der Waals surface area contributed by atoms with Gasteiger partial charge in [-0.25, -0.2) is 4.79 Å². The van der Waals surface area contributed by atoms with E-state index in [1.807, 2.05) is 54.6 Å². The van der Waals surface area contributed by atoms with E-state index in [2.05, 4.69) is 12.2 Å². The Morgan fingerprint density at radius 2 is 1.83 bits per heavy atom. The smallest absolute Gasteiger partial charge is 0.339 e. The average Bonchev–Trinajstić information content (AvgIpc) is 3.15. The van der Waals surface area contributed by atoms with Crippen molar-refractivity contribution in [3.05, 3.63) is 72.3 Å². The molecule has 2 nitrogen and oxygen atoms in total. The Bertz CT molecular complexity index is 747. The van der Waals surface area contributed by atoms with Crippen molar-refractivity contribution in [1.29, 1.82) is 0 Å². The lowest BCUT2D eigenvalue weighted by Crippen LogP contribution is -2.34. The van der Waals surface area contributed by atoms with Gasteiger partial charge < -0.3 is 4.74 Å². The van der Waals surface area contributed by atoms with E-state index in [0.29, 0.717) is 11.5 Å². The first kappa shape index (κ1) is 14.3. The Kier molecular flexibility index (Phi) is 3.53. The topological polar surface area (TPSA) is 26.3 Å². The van der Waals surface area contributed by atoms with Crippen LogP contribution in [0.3, 0.4) is 0 Å². The third kappa shape index (κ3) is 2.48. The standard InChI is InChI=1S/C21H20O2/c22-20(23-21-14-6-10-17(21)11-7-15-21)19-13-5-4-12-18(19)16-8-2-1-3-9-16/h1-6,8-9,12-14,17H,7,10-11,15H2. The second kappa shape index (κ2) is 5.69. The number of carbonyl (C=O) groups excluding carboxylic acids is 1. The molecule has 0 heterocycles. The van der Waals surface area contributed by atoms with Crippen molar-refractivity contribution in [2.75, 3.05) is 0 Å². The lowest BCUT2D eigenvalue weighted by Gasteiger charge is -2.28. The van der Waals surface area contributed by atoms with Crippen molar-refractivity contribution in [1.82, 2.24) is 0 Å². The van der Waals surface area contributed by atoms with E-state index in [4.69, 9.17) is 4.74 Å². The van der Waals surface area contributed by atoms with Crippen LogP contribution in [0.4, 0.5) is 0 Å². The van der Waals surface area contributed by atoms with Gasteiger partial charge in [-0.2, -0.15) is 0 Å². The zero-order valence-corrected chi connectivity index (χ0v) is 13.1. The third-order valence-electron chi connectivity index (χ3n) is 5.15. The molecule has 2 aromatic rings. The highest BCUT2D eigenvalue weighted by atomic mass is 16.6. The fraction of sp³-hybridized carbons (Fsp3) is 0.286. The van der Waals surface area contributed by atoms with Gasteiger partial charge >= 0.3 is 5.97 Å². The van der Waals surface area contributed by atoms with E-state index in [1.54, 1.807) is 0 Å². The Morgan fingerprint density at radius 1 is 1.04 bits per heavy atom. The summed E-state index contributed by atoms with van der Waals surface area (Å²) in [6, 6.07) is 17.7. The fourth-order valence-electron chi connectivity index (χ4n) is 3.97.